The molecule has 1 aliphatic heterocycles. The van der Waals surface area contributed by atoms with E-state index in [1.807, 2.05) is 13.8 Å². The van der Waals surface area contributed by atoms with Crippen LogP contribution in [0.4, 0.5) is 21.6 Å². The van der Waals surface area contributed by atoms with Crippen LogP contribution in [0, 0.1) is 12.8 Å². The number of aryl methyl sites for hydroxylation is 1. The number of benzene rings is 1. The maximum Gasteiger partial charge on any atom is 0.231 e. The van der Waals surface area contributed by atoms with Crippen molar-refractivity contribution in [2.45, 2.75) is 43.8 Å². The number of rotatable bonds is 6. The van der Waals surface area contributed by atoms with Gasteiger partial charge >= 0.3 is 0 Å². The average molecular weight is 501 g/mol. The lowest BCUT2D eigenvalue weighted by Crippen LogP contribution is -2.17. The number of aromatic amines is 1. The Hall–Kier alpha value is -3.54. The lowest BCUT2D eigenvalue weighted by Gasteiger charge is -2.14. The normalized spacial score (nSPS) is 20.9. The Bertz CT molecular complexity index is 1500. The van der Waals surface area contributed by atoms with E-state index >= 15 is 0 Å². The van der Waals surface area contributed by atoms with Crippen LogP contribution in [0.15, 0.2) is 34.2 Å². The molecule has 10 nitrogen and oxygen atoms in total. The van der Waals surface area contributed by atoms with E-state index in [9.17, 15) is 17.6 Å². The quantitative estimate of drug-likeness (QED) is 0.472. The van der Waals surface area contributed by atoms with Gasteiger partial charge in [-0.25, -0.2) is 27.8 Å². The molecule has 0 unspecified atom stereocenters. The Balaban J connectivity index is 1.54. The first-order valence-corrected chi connectivity index (χ1v) is 13.0. The van der Waals surface area contributed by atoms with Gasteiger partial charge in [-0.3, -0.25) is 4.79 Å². The number of anilines is 3. The number of carbonyl (C=O) groups is 1. The number of ether oxygens (including phenoxy) is 1. The first-order valence-electron chi connectivity index (χ1n) is 11.1. The van der Waals surface area contributed by atoms with E-state index in [1.165, 1.54) is 6.07 Å². The number of imidazole rings is 1. The van der Waals surface area contributed by atoms with Gasteiger partial charge in [-0.05, 0) is 45.4 Å². The van der Waals surface area contributed by atoms with Crippen molar-refractivity contribution in [2.24, 2.45) is 10.9 Å². The van der Waals surface area contributed by atoms with Crippen molar-refractivity contribution in [3.8, 4) is 0 Å². The highest BCUT2D eigenvalue weighted by molar-refractivity contribution is 7.90. The summed E-state index contributed by atoms with van der Waals surface area (Å²) in [6.45, 7) is 6.02. The largest absolute Gasteiger partial charge is 0.475 e. The predicted molar refractivity (Wildman–Crippen MR) is 130 cm³/mol. The van der Waals surface area contributed by atoms with Crippen LogP contribution in [0.25, 0.3) is 11.2 Å². The van der Waals surface area contributed by atoms with Gasteiger partial charge in [-0.15, -0.1) is 0 Å². The van der Waals surface area contributed by atoms with Crippen molar-refractivity contribution in [3.63, 3.8) is 0 Å². The van der Waals surface area contributed by atoms with Crippen LogP contribution in [0.3, 0.4) is 0 Å². The van der Waals surface area contributed by atoms with Gasteiger partial charge in [0.05, 0.1) is 27.7 Å². The number of H-pyrrole nitrogens is 1. The highest BCUT2D eigenvalue weighted by atomic mass is 32.2. The van der Waals surface area contributed by atoms with Gasteiger partial charge in [-0.1, -0.05) is 0 Å². The summed E-state index contributed by atoms with van der Waals surface area (Å²) in [6, 6.07) is 6.42. The van der Waals surface area contributed by atoms with E-state index in [2.05, 4.69) is 30.6 Å². The van der Waals surface area contributed by atoms with Gasteiger partial charge in [-0.2, -0.15) is 0 Å². The van der Waals surface area contributed by atoms with Crippen molar-refractivity contribution < 1.29 is 22.3 Å². The molecule has 0 bridgehead atoms. The minimum Gasteiger partial charge on any atom is -0.475 e. The molecule has 1 saturated carbocycles. The molecule has 1 fully saturated rings. The maximum absolute atomic E-state index is 13.3. The van der Waals surface area contributed by atoms with Gasteiger partial charge in [0.1, 0.15) is 29.9 Å². The fraction of sp³-hybridized carbons (Fsp3) is 0.391. The van der Waals surface area contributed by atoms with E-state index in [-0.39, 0.29) is 22.7 Å². The number of amides is 1. The van der Waals surface area contributed by atoms with Crippen molar-refractivity contribution in [1.82, 2.24) is 15.0 Å². The summed E-state index contributed by atoms with van der Waals surface area (Å²) in [5.41, 5.74) is 1.76. The molecule has 35 heavy (non-hydrogen) atoms. The van der Waals surface area contributed by atoms with Crippen LogP contribution in [-0.4, -0.2) is 59.7 Å². The highest BCUT2D eigenvalue weighted by Gasteiger charge is 2.43. The van der Waals surface area contributed by atoms with Crippen LogP contribution < -0.4 is 10.6 Å². The van der Waals surface area contributed by atoms with Crippen molar-refractivity contribution >= 4 is 50.0 Å². The zero-order chi connectivity index (χ0) is 25.1. The zero-order valence-electron chi connectivity index (χ0n) is 19.6. The summed E-state index contributed by atoms with van der Waals surface area (Å²) in [5.74, 6) is 0.0383. The van der Waals surface area contributed by atoms with Crippen LogP contribution in [0.5, 0.6) is 0 Å². The lowest BCUT2D eigenvalue weighted by molar-refractivity contribution is -0.117. The molecule has 1 aromatic carbocycles. The molecule has 0 spiro atoms. The van der Waals surface area contributed by atoms with E-state index in [0.29, 0.717) is 46.4 Å². The second kappa shape index (κ2) is 8.01. The molecule has 184 valence electrons. The molecule has 1 amide bonds. The predicted octanol–water partition coefficient (Wildman–Crippen LogP) is 3.27. The van der Waals surface area contributed by atoms with Crippen molar-refractivity contribution in [1.29, 1.82) is 0 Å². The number of aliphatic imine (C=N–C) groups is 1. The molecule has 3 N–H and O–H groups in total. The molecule has 3 aromatic rings. The fourth-order valence-electron chi connectivity index (χ4n) is 3.86. The third-order valence-electron chi connectivity index (χ3n) is 5.74. The number of fused-ring (bicyclic) bond motifs is 1. The molecule has 2 aliphatic rings. The molecule has 3 heterocycles. The van der Waals surface area contributed by atoms with Crippen LogP contribution in [0.2, 0.25) is 0 Å². The molecule has 2 aromatic heterocycles. The van der Waals surface area contributed by atoms with Gasteiger partial charge in [0.25, 0.3) is 0 Å². The second-order valence-electron chi connectivity index (χ2n) is 9.55. The van der Waals surface area contributed by atoms with Gasteiger partial charge in [0, 0.05) is 17.9 Å². The van der Waals surface area contributed by atoms with Crippen LogP contribution in [-0.2, 0) is 19.4 Å². The number of nitrogens with one attached hydrogen (secondary N) is 3. The minimum atomic E-state index is -3.65. The van der Waals surface area contributed by atoms with Crippen LogP contribution in [0.1, 0.15) is 31.7 Å². The number of sulfone groups is 1. The number of hydrogen-bond acceptors (Lipinski definition) is 8. The average Bonchev–Trinajstić information content (AvgIpc) is 3.20. The van der Waals surface area contributed by atoms with Crippen LogP contribution >= 0.6 is 0 Å². The topological polar surface area (TPSA) is 138 Å². The summed E-state index contributed by atoms with van der Waals surface area (Å²) in [7, 11) is -3.65. The Morgan fingerprint density at radius 3 is 2.60 bits per heavy atom. The zero-order valence-corrected chi connectivity index (χ0v) is 20.5. The summed E-state index contributed by atoms with van der Waals surface area (Å²) in [4.78, 5) is 28.6. The third kappa shape index (κ3) is 4.70. The van der Waals surface area contributed by atoms with E-state index < -0.39 is 27.8 Å². The monoisotopic (exact) mass is 500 g/mol. The number of carbonyl (C=O) groups excluding carboxylic acids is 1. The SMILES string of the molecule is Cc1nc2c(Nc3ccc(C4=NC(C)(C)CO4)cc3S(C)(=O)=O)cc(NC(=O)[C@H]3C[C@H]3F)nc2[nH]1. The Morgan fingerprint density at radius 2 is 1.97 bits per heavy atom. The second-order valence-corrected chi connectivity index (χ2v) is 11.5. The van der Waals surface area contributed by atoms with E-state index in [1.54, 1.807) is 25.1 Å². The summed E-state index contributed by atoms with van der Waals surface area (Å²) < 4.78 is 44.3. The summed E-state index contributed by atoms with van der Waals surface area (Å²) >= 11 is 0. The Morgan fingerprint density at radius 1 is 1.23 bits per heavy atom. The Labute approximate surface area is 201 Å². The number of aromatic nitrogens is 3. The fourth-order valence-corrected chi connectivity index (χ4v) is 4.72. The molecular weight excluding hydrogens is 475 g/mol. The number of alkyl halides is 1. The molecule has 1 aliphatic carbocycles. The van der Waals surface area contributed by atoms with Gasteiger partial charge in [0.15, 0.2) is 15.5 Å². The van der Waals surface area contributed by atoms with Gasteiger partial charge < -0.3 is 20.4 Å². The maximum atomic E-state index is 13.3. The molecule has 12 heteroatoms. The molecule has 0 saturated heterocycles. The van der Waals surface area contributed by atoms with Crippen molar-refractivity contribution in [2.75, 3.05) is 23.5 Å². The molecule has 2 atom stereocenters. The third-order valence-corrected chi connectivity index (χ3v) is 6.87. The summed E-state index contributed by atoms with van der Waals surface area (Å²) in [6.07, 6.45) is 0.174. The number of hydrogen-bond donors (Lipinski definition) is 3. The number of halogens is 1. The first kappa shape index (κ1) is 23.2. The Kier molecular flexibility index (Phi) is 5.31. The molecule has 5 rings (SSSR count). The summed E-state index contributed by atoms with van der Waals surface area (Å²) in [5, 5.41) is 5.76. The molecular formula is C23H25FN6O4S. The van der Waals surface area contributed by atoms with E-state index in [4.69, 9.17) is 4.74 Å². The number of nitrogens with zero attached hydrogens (tertiary/aromatic N) is 3. The molecule has 0 radical (unpaired) electrons. The standard InChI is InChI=1S/C23H25FN6O4S/c1-11-25-19-16(9-18(28-20(19)26-11)29-21(31)13-8-14(13)24)27-15-6-5-12(7-17(15)35(4,32)33)22-30-23(2,3)10-34-22/h5-7,9,13-14H,8,10H2,1-4H3,(H3,25,26,27,28,29,31)/t13-,14+/m0/s1. The van der Waals surface area contributed by atoms with Crippen molar-refractivity contribution in [3.05, 3.63) is 35.7 Å². The minimum absolute atomic E-state index is 0.0482. The lowest BCUT2D eigenvalue weighted by atomic mass is 10.1. The first-order chi connectivity index (χ1) is 16.4. The van der Waals surface area contributed by atoms with Gasteiger partial charge in [0.2, 0.25) is 11.8 Å². The smallest absolute Gasteiger partial charge is 0.231 e. The highest BCUT2D eigenvalue weighted by Crippen LogP contribution is 2.36. The van der Waals surface area contributed by atoms with E-state index in [0.717, 1.165) is 6.26 Å². The number of pyridine rings is 1.